The molecule has 0 spiro atoms. The molecule has 0 aromatic rings. The van der Waals surface area contributed by atoms with Crippen molar-refractivity contribution in [2.24, 2.45) is 11.3 Å². The Labute approximate surface area is 114 Å². The predicted octanol–water partition coefficient (Wildman–Crippen LogP) is 1.58. The van der Waals surface area contributed by atoms with Crippen LogP contribution in [0.3, 0.4) is 0 Å². The Kier molecular flexibility index (Phi) is 5.02. The van der Waals surface area contributed by atoms with Crippen LogP contribution in [0, 0.1) is 11.3 Å². The normalized spacial score (nSPS) is 17.2. The van der Waals surface area contributed by atoms with Crippen molar-refractivity contribution in [2.45, 2.75) is 27.7 Å². The van der Waals surface area contributed by atoms with Crippen LogP contribution >= 0.6 is 11.6 Å². The lowest BCUT2D eigenvalue weighted by Crippen LogP contribution is -2.54. The van der Waals surface area contributed by atoms with E-state index in [0.29, 0.717) is 32.1 Å². The van der Waals surface area contributed by atoms with E-state index in [9.17, 15) is 9.59 Å². The largest absolute Gasteiger partial charge is 0.339 e. The Morgan fingerprint density at radius 2 is 1.56 bits per heavy atom. The second kappa shape index (κ2) is 5.91. The van der Waals surface area contributed by atoms with E-state index in [2.05, 4.69) is 0 Å². The van der Waals surface area contributed by atoms with Crippen LogP contribution in [-0.4, -0.2) is 53.7 Å². The second-order valence-corrected chi connectivity index (χ2v) is 6.06. The lowest BCUT2D eigenvalue weighted by Gasteiger charge is -2.38. The smallest absolute Gasteiger partial charge is 0.229 e. The lowest BCUT2D eigenvalue weighted by atomic mass is 9.94. The molecule has 0 aliphatic carbocycles. The lowest BCUT2D eigenvalue weighted by molar-refractivity contribution is -0.145. The molecule has 1 rings (SSSR count). The highest BCUT2D eigenvalue weighted by molar-refractivity contribution is 6.19. The monoisotopic (exact) mass is 274 g/mol. The number of nitrogens with zero attached hydrogens (tertiary/aromatic N) is 2. The third kappa shape index (κ3) is 3.37. The van der Waals surface area contributed by atoms with E-state index in [1.54, 1.807) is 0 Å². The van der Waals surface area contributed by atoms with Gasteiger partial charge >= 0.3 is 0 Å². The Hall–Kier alpha value is -0.770. The van der Waals surface area contributed by atoms with Gasteiger partial charge in [-0.25, -0.2) is 0 Å². The summed E-state index contributed by atoms with van der Waals surface area (Å²) >= 11 is 5.82. The number of halogens is 1. The Balaban J connectivity index is 2.54. The van der Waals surface area contributed by atoms with Gasteiger partial charge in [-0.3, -0.25) is 9.59 Å². The molecule has 1 fully saturated rings. The van der Waals surface area contributed by atoms with Crippen LogP contribution in [0.2, 0.25) is 0 Å². The first-order chi connectivity index (χ1) is 8.29. The number of piperazine rings is 1. The summed E-state index contributed by atoms with van der Waals surface area (Å²) in [6, 6.07) is 0. The van der Waals surface area contributed by atoms with Gasteiger partial charge in [0.1, 0.15) is 0 Å². The molecule has 5 heteroatoms. The summed E-state index contributed by atoms with van der Waals surface area (Å²) in [5, 5.41) is 0. The molecule has 0 radical (unpaired) electrons. The molecule has 0 atom stereocenters. The topological polar surface area (TPSA) is 40.6 Å². The van der Waals surface area contributed by atoms with Gasteiger partial charge in [-0.05, 0) is 13.8 Å². The van der Waals surface area contributed by atoms with E-state index in [1.165, 1.54) is 0 Å². The quantitative estimate of drug-likeness (QED) is 0.733. The fraction of sp³-hybridized carbons (Fsp3) is 0.846. The minimum absolute atomic E-state index is 0.0199. The van der Waals surface area contributed by atoms with Gasteiger partial charge < -0.3 is 9.80 Å². The molecule has 0 aromatic heterocycles. The van der Waals surface area contributed by atoms with Crippen molar-refractivity contribution in [1.82, 2.24) is 9.80 Å². The molecule has 2 amide bonds. The molecule has 1 aliphatic rings. The SMILES string of the molecule is CC(C)C(=O)N1CCN(C(=O)C(C)(C)CCl)CC1. The van der Waals surface area contributed by atoms with Gasteiger partial charge in [0.25, 0.3) is 0 Å². The number of alkyl halides is 1. The van der Waals surface area contributed by atoms with E-state index in [0.717, 1.165) is 0 Å². The molecule has 18 heavy (non-hydrogen) atoms. The zero-order valence-electron chi connectivity index (χ0n) is 11.7. The van der Waals surface area contributed by atoms with Crippen LogP contribution in [0.15, 0.2) is 0 Å². The Bertz CT molecular complexity index is 321. The zero-order chi connectivity index (χ0) is 13.9. The molecular formula is C13H23ClN2O2. The van der Waals surface area contributed by atoms with Crippen molar-refractivity contribution < 1.29 is 9.59 Å². The summed E-state index contributed by atoms with van der Waals surface area (Å²) in [7, 11) is 0. The minimum atomic E-state index is -0.522. The average Bonchev–Trinajstić information content (AvgIpc) is 2.37. The molecule has 1 aliphatic heterocycles. The third-order valence-corrected chi connectivity index (χ3v) is 3.95. The maximum Gasteiger partial charge on any atom is 0.229 e. The fourth-order valence-electron chi connectivity index (χ4n) is 1.98. The van der Waals surface area contributed by atoms with Crippen molar-refractivity contribution in [3.8, 4) is 0 Å². The first-order valence-electron chi connectivity index (χ1n) is 6.43. The van der Waals surface area contributed by atoms with E-state index in [4.69, 9.17) is 11.6 Å². The maximum absolute atomic E-state index is 12.2. The van der Waals surface area contributed by atoms with Crippen molar-refractivity contribution in [3.63, 3.8) is 0 Å². The summed E-state index contributed by atoms with van der Waals surface area (Å²) in [6.45, 7) is 9.98. The van der Waals surface area contributed by atoms with Crippen molar-refractivity contribution >= 4 is 23.4 Å². The second-order valence-electron chi connectivity index (χ2n) is 5.79. The van der Waals surface area contributed by atoms with E-state index < -0.39 is 5.41 Å². The van der Waals surface area contributed by atoms with Gasteiger partial charge in [-0.1, -0.05) is 13.8 Å². The van der Waals surface area contributed by atoms with Crippen LogP contribution in [0.5, 0.6) is 0 Å². The molecule has 0 aromatic carbocycles. The van der Waals surface area contributed by atoms with Gasteiger partial charge in [0.05, 0.1) is 5.41 Å². The summed E-state index contributed by atoms with van der Waals surface area (Å²) in [5.74, 6) is 0.580. The maximum atomic E-state index is 12.2. The summed E-state index contributed by atoms with van der Waals surface area (Å²) in [5.41, 5.74) is -0.522. The Morgan fingerprint density at radius 1 is 1.11 bits per heavy atom. The van der Waals surface area contributed by atoms with E-state index >= 15 is 0 Å². The molecular weight excluding hydrogens is 252 g/mol. The van der Waals surface area contributed by atoms with Crippen molar-refractivity contribution in [1.29, 1.82) is 0 Å². The van der Waals surface area contributed by atoms with Gasteiger partial charge in [0.2, 0.25) is 11.8 Å². The van der Waals surface area contributed by atoms with Crippen LogP contribution in [-0.2, 0) is 9.59 Å². The molecule has 0 unspecified atom stereocenters. The molecule has 0 saturated carbocycles. The van der Waals surface area contributed by atoms with Gasteiger partial charge in [-0.15, -0.1) is 11.6 Å². The molecule has 104 valence electrons. The van der Waals surface area contributed by atoms with Gasteiger partial charge in [0.15, 0.2) is 0 Å². The number of carbonyl (C=O) groups is 2. The number of hydrogen-bond acceptors (Lipinski definition) is 2. The minimum Gasteiger partial charge on any atom is -0.339 e. The molecule has 1 saturated heterocycles. The molecule has 1 heterocycles. The van der Waals surface area contributed by atoms with E-state index in [-0.39, 0.29) is 17.7 Å². The number of hydrogen-bond donors (Lipinski definition) is 0. The summed E-state index contributed by atoms with van der Waals surface area (Å²) < 4.78 is 0. The average molecular weight is 275 g/mol. The van der Waals surface area contributed by atoms with E-state index in [1.807, 2.05) is 37.5 Å². The summed E-state index contributed by atoms with van der Waals surface area (Å²) in [4.78, 5) is 27.7. The van der Waals surface area contributed by atoms with Crippen LogP contribution in [0.25, 0.3) is 0 Å². The van der Waals surface area contributed by atoms with Gasteiger partial charge in [-0.2, -0.15) is 0 Å². The Morgan fingerprint density at radius 3 is 1.94 bits per heavy atom. The highest BCUT2D eigenvalue weighted by Gasteiger charge is 2.33. The summed E-state index contributed by atoms with van der Waals surface area (Å²) in [6.07, 6.45) is 0. The zero-order valence-corrected chi connectivity index (χ0v) is 12.5. The number of carbonyl (C=O) groups excluding carboxylic acids is 2. The standard InChI is InChI=1S/C13H23ClN2O2/c1-10(2)11(17)15-5-7-16(8-6-15)12(18)13(3,4)9-14/h10H,5-9H2,1-4H3. The highest BCUT2D eigenvalue weighted by Crippen LogP contribution is 2.21. The molecule has 0 bridgehead atoms. The molecule has 4 nitrogen and oxygen atoms in total. The third-order valence-electron chi connectivity index (χ3n) is 3.29. The predicted molar refractivity (Wildman–Crippen MR) is 72.5 cm³/mol. The number of rotatable bonds is 3. The van der Waals surface area contributed by atoms with Gasteiger partial charge in [0, 0.05) is 38.0 Å². The van der Waals surface area contributed by atoms with Crippen LogP contribution in [0.1, 0.15) is 27.7 Å². The van der Waals surface area contributed by atoms with Crippen molar-refractivity contribution in [2.75, 3.05) is 32.1 Å². The first-order valence-corrected chi connectivity index (χ1v) is 6.97. The van der Waals surface area contributed by atoms with Crippen LogP contribution in [0.4, 0.5) is 0 Å². The molecule has 0 N–H and O–H groups in total. The number of amides is 2. The fourth-order valence-corrected chi connectivity index (χ4v) is 2.09. The van der Waals surface area contributed by atoms with Crippen LogP contribution < -0.4 is 0 Å². The van der Waals surface area contributed by atoms with Crippen molar-refractivity contribution in [3.05, 3.63) is 0 Å². The highest BCUT2D eigenvalue weighted by atomic mass is 35.5. The first kappa shape index (κ1) is 15.3.